The molecule has 1 heterocycles. The van der Waals surface area contributed by atoms with Crippen molar-refractivity contribution in [2.24, 2.45) is 0 Å². The average Bonchev–Trinajstić information content (AvgIpc) is 2.34. The predicted octanol–water partition coefficient (Wildman–Crippen LogP) is 4.05. The molecule has 0 spiro atoms. The first-order valence-electron chi connectivity index (χ1n) is 5.32. The summed E-state index contributed by atoms with van der Waals surface area (Å²) in [7, 11) is 0. The van der Waals surface area contributed by atoms with Crippen molar-refractivity contribution in [2.75, 3.05) is 0 Å². The summed E-state index contributed by atoms with van der Waals surface area (Å²) in [6.07, 6.45) is 6.70. The molecule has 0 saturated carbocycles. The maximum Gasteiger partial charge on any atom is 0.145 e. The van der Waals surface area contributed by atoms with Gasteiger partial charge in [0.25, 0.3) is 0 Å². The number of nitrogens with zero attached hydrogens (tertiary/aromatic N) is 1. The molecule has 2 heteroatoms. The summed E-state index contributed by atoms with van der Waals surface area (Å²) < 4.78 is 5.47. The fourth-order valence-corrected chi connectivity index (χ4v) is 0.911. The highest BCUT2D eigenvalue weighted by Gasteiger charge is 1.95. The lowest BCUT2D eigenvalue weighted by atomic mass is 10.3. The van der Waals surface area contributed by atoms with Gasteiger partial charge in [0.05, 0.1) is 6.20 Å². The van der Waals surface area contributed by atoms with Gasteiger partial charge < -0.3 is 4.74 Å². The van der Waals surface area contributed by atoms with Gasteiger partial charge >= 0.3 is 0 Å². The van der Waals surface area contributed by atoms with Crippen LogP contribution in [0, 0.1) is 6.92 Å². The summed E-state index contributed by atoms with van der Waals surface area (Å²) in [6.45, 7) is 13.1. The molecule has 1 aromatic rings. The summed E-state index contributed by atoms with van der Waals surface area (Å²) in [5.41, 5.74) is 0.963. The third-order valence-electron chi connectivity index (χ3n) is 1.60. The Kier molecular flexibility index (Phi) is 7.51. The zero-order valence-electron chi connectivity index (χ0n) is 10.2. The molecule has 1 rings (SSSR count). The zero-order valence-corrected chi connectivity index (χ0v) is 10.2. The van der Waals surface area contributed by atoms with E-state index in [1.807, 2.05) is 32.9 Å². The van der Waals surface area contributed by atoms with E-state index >= 15 is 0 Å². The van der Waals surface area contributed by atoms with Crippen LogP contribution in [0.15, 0.2) is 55.5 Å². The highest BCUT2D eigenvalue weighted by molar-refractivity contribution is 5.25. The average molecular weight is 217 g/mol. The largest absolute Gasteiger partial charge is 0.456 e. The molecule has 0 amide bonds. The maximum atomic E-state index is 5.47. The van der Waals surface area contributed by atoms with E-state index in [0.717, 1.165) is 5.69 Å². The van der Waals surface area contributed by atoms with Crippen LogP contribution in [0.25, 0.3) is 0 Å². The summed E-state index contributed by atoms with van der Waals surface area (Å²) in [6, 6.07) is 3.76. The van der Waals surface area contributed by atoms with Crippen LogP contribution < -0.4 is 4.74 Å². The Hall–Kier alpha value is -1.83. The van der Waals surface area contributed by atoms with E-state index in [2.05, 4.69) is 18.1 Å². The van der Waals surface area contributed by atoms with E-state index in [1.54, 1.807) is 24.4 Å². The van der Waals surface area contributed by atoms with Gasteiger partial charge in [-0.3, -0.25) is 4.98 Å². The Labute approximate surface area is 98.0 Å². The van der Waals surface area contributed by atoms with Gasteiger partial charge in [0.15, 0.2) is 0 Å². The minimum Gasteiger partial charge on any atom is -0.456 e. The predicted molar refractivity (Wildman–Crippen MR) is 69.4 cm³/mol. The lowest BCUT2D eigenvalue weighted by Gasteiger charge is -2.04. The first-order valence-corrected chi connectivity index (χ1v) is 5.32. The number of aryl methyl sites for hydroxylation is 1. The molecule has 16 heavy (non-hydrogen) atoms. The number of allylic oxidation sites excluding steroid dienone is 3. The number of hydrogen-bond donors (Lipinski definition) is 0. The topological polar surface area (TPSA) is 22.1 Å². The Morgan fingerprint density at radius 2 is 2.00 bits per heavy atom. The zero-order chi connectivity index (χ0) is 12.4. The molecule has 86 valence electrons. The van der Waals surface area contributed by atoms with Gasteiger partial charge in [-0.2, -0.15) is 0 Å². The Bertz CT molecular complexity index is 350. The quantitative estimate of drug-likeness (QED) is 0.560. The lowest BCUT2D eigenvalue weighted by molar-refractivity contribution is 0.442. The van der Waals surface area contributed by atoms with Crippen molar-refractivity contribution in [2.45, 2.75) is 20.8 Å². The van der Waals surface area contributed by atoms with Crippen LogP contribution >= 0.6 is 0 Å². The standard InChI is InChI=1S/C12H13NO.C2H6/c1-4-6-11(5-2)14-12-8-7-10(3)13-9-12;1-2/h4-9H,1-2H2,3H3;1-2H3/b11-6+;. The highest BCUT2D eigenvalue weighted by Crippen LogP contribution is 2.12. The van der Waals surface area contributed by atoms with Gasteiger partial charge in [0, 0.05) is 5.69 Å². The summed E-state index contributed by atoms with van der Waals surface area (Å²) >= 11 is 0. The minimum atomic E-state index is 0.658. The molecular formula is C14H19NO. The van der Waals surface area contributed by atoms with Crippen molar-refractivity contribution < 1.29 is 4.74 Å². The van der Waals surface area contributed by atoms with E-state index in [4.69, 9.17) is 4.74 Å². The molecule has 0 aromatic carbocycles. The van der Waals surface area contributed by atoms with Gasteiger partial charge in [-0.1, -0.05) is 33.1 Å². The highest BCUT2D eigenvalue weighted by atomic mass is 16.5. The van der Waals surface area contributed by atoms with Crippen LogP contribution in [0.4, 0.5) is 0 Å². The van der Waals surface area contributed by atoms with Gasteiger partial charge in [0.1, 0.15) is 11.5 Å². The Balaban J connectivity index is 0.00000106. The van der Waals surface area contributed by atoms with E-state index in [1.165, 1.54) is 0 Å². The van der Waals surface area contributed by atoms with Gasteiger partial charge in [0.2, 0.25) is 0 Å². The molecule has 0 saturated heterocycles. The third kappa shape index (κ3) is 5.15. The SMILES string of the molecule is C=C/C=C(\C=C)Oc1ccc(C)nc1.CC. The van der Waals surface area contributed by atoms with Crippen molar-refractivity contribution >= 4 is 0 Å². The first-order chi connectivity index (χ1) is 7.76. The van der Waals surface area contributed by atoms with Crippen LogP contribution in [0.3, 0.4) is 0 Å². The maximum absolute atomic E-state index is 5.47. The van der Waals surface area contributed by atoms with E-state index < -0.39 is 0 Å². The van der Waals surface area contributed by atoms with Crippen molar-refractivity contribution in [3.8, 4) is 5.75 Å². The van der Waals surface area contributed by atoms with Crippen molar-refractivity contribution in [3.63, 3.8) is 0 Å². The fourth-order valence-electron chi connectivity index (χ4n) is 0.911. The molecular weight excluding hydrogens is 198 g/mol. The van der Waals surface area contributed by atoms with Crippen LogP contribution in [-0.4, -0.2) is 4.98 Å². The van der Waals surface area contributed by atoms with Crippen molar-refractivity contribution in [1.82, 2.24) is 4.98 Å². The second-order valence-corrected chi connectivity index (χ2v) is 2.75. The number of ether oxygens (including phenoxy) is 1. The van der Waals surface area contributed by atoms with E-state index in [-0.39, 0.29) is 0 Å². The van der Waals surface area contributed by atoms with Gasteiger partial charge in [-0.15, -0.1) is 0 Å². The smallest absolute Gasteiger partial charge is 0.145 e. The monoisotopic (exact) mass is 217 g/mol. The third-order valence-corrected chi connectivity index (χ3v) is 1.60. The molecule has 2 nitrogen and oxygen atoms in total. The number of aromatic nitrogens is 1. The molecule has 0 aliphatic carbocycles. The second-order valence-electron chi connectivity index (χ2n) is 2.75. The van der Waals surface area contributed by atoms with Crippen molar-refractivity contribution in [1.29, 1.82) is 0 Å². The lowest BCUT2D eigenvalue weighted by Crippen LogP contribution is -1.92. The first kappa shape index (κ1) is 14.2. The van der Waals surface area contributed by atoms with Crippen LogP contribution in [0.5, 0.6) is 5.75 Å². The van der Waals surface area contributed by atoms with Gasteiger partial charge in [-0.25, -0.2) is 0 Å². The minimum absolute atomic E-state index is 0.658. The molecule has 1 aromatic heterocycles. The normalized spacial score (nSPS) is 9.81. The van der Waals surface area contributed by atoms with Crippen LogP contribution in [0.1, 0.15) is 19.5 Å². The van der Waals surface area contributed by atoms with E-state index in [9.17, 15) is 0 Å². The molecule has 0 bridgehead atoms. The molecule has 0 unspecified atom stereocenters. The fraction of sp³-hybridized carbons (Fsp3) is 0.214. The number of pyridine rings is 1. The molecule has 0 aliphatic heterocycles. The molecule has 0 aliphatic rings. The molecule has 0 fully saturated rings. The second kappa shape index (κ2) is 8.48. The Morgan fingerprint density at radius 1 is 1.31 bits per heavy atom. The van der Waals surface area contributed by atoms with Crippen molar-refractivity contribution in [3.05, 3.63) is 61.2 Å². The summed E-state index contributed by atoms with van der Waals surface area (Å²) in [5, 5.41) is 0. The number of rotatable bonds is 4. The van der Waals surface area contributed by atoms with Gasteiger partial charge in [-0.05, 0) is 31.2 Å². The Morgan fingerprint density at radius 3 is 2.44 bits per heavy atom. The number of hydrogen-bond acceptors (Lipinski definition) is 2. The van der Waals surface area contributed by atoms with Crippen LogP contribution in [0.2, 0.25) is 0 Å². The molecule has 0 N–H and O–H groups in total. The van der Waals surface area contributed by atoms with E-state index in [0.29, 0.717) is 11.5 Å². The summed E-state index contributed by atoms with van der Waals surface area (Å²) in [5.74, 6) is 1.36. The molecule has 0 atom stereocenters. The molecule has 0 radical (unpaired) electrons. The summed E-state index contributed by atoms with van der Waals surface area (Å²) in [4.78, 5) is 4.11. The van der Waals surface area contributed by atoms with Crippen LogP contribution in [-0.2, 0) is 0 Å².